The summed E-state index contributed by atoms with van der Waals surface area (Å²) in [6.07, 6.45) is 32.7. The molecule has 132 valence electrons. The van der Waals surface area contributed by atoms with Gasteiger partial charge in [0.1, 0.15) is 0 Å². The Bertz CT molecular complexity index is 462. The van der Waals surface area contributed by atoms with E-state index in [-0.39, 0.29) is 0 Å². The Balaban J connectivity index is 3.57. The van der Waals surface area contributed by atoms with Gasteiger partial charge in [-0.15, -0.1) is 0 Å². The van der Waals surface area contributed by atoms with Gasteiger partial charge < -0.3 is 5.11 Å². The molecule has 24 heavy (non-hydrogen) atoms. The maximum absolute atomic E-state index is 10.2. The summed E-state index contributed by atoms with van der Waals surface area (Å²) in [6, 6.07) is 0. The predicted molar refractivity (Wildman–Crippen MR) is 105 cm³/mol. The van der Waals surface area contributed by atoms with Crippen LogP contribution in [0.1, 0.15) is 58.3 Å². The third-order valence-corrected chi connectivity index (χ3v) is 3.35. The second kappa shape index (κ2) is 19.0. The van der Waals surface area contributed by atoms with Crippen LogP contribution in [0.3, 0.4) is 0 Å². The number of aliphatic carboxylic acids is 1. The van der Waals surface area contributed by atoms with Crippen molar-refractivity contribution < 1.29 is 9.90 Å². The zero-order valence-electron chi connectivity index (χ0n) is 14.9. The molecule has 0 aromatic carbocycles. The van der Waals surface area contributed by atoms with E-state index in [0.717, 1.165) is 12.5 Å². The van der Waals surface area contributed by atoms with Crippen LogP contribution in [0.25, 0.3) is 0 Å². The third kappa shape index (κ3) is 19.9. The van der Waals surface area contributed by atoms with Crippen molar-refractivity contribution >= 4 is 5.97 Å². The van der Waals surface area contributed by atoms with Crippen LogP contribution in [-0.2, 0) is 4.79 Å². The Hall–Kier alpha value is -2.09. The van der Waals surface area contributed by atoms with E-state index in [1.807, 2.05) is 36.5 Å². The Morgan fingerprint density at radius 3 is 1.67 bits per heavy atom. The number of unbranched alkanes of at least 4 members (excludes halogenated alkanes) is 7. The SMILES string of the molecule is CCCCCCCCC\C=C/C=C\C=C\C=C\C=C\C=C\C(=O)O. The van der Waals surface area contributed by atoms with Gasteiger partial charge in [0.15, 0.2) is 0 Å². The van der Waals surface area contributed by atoms with Crippen LogP contribution < -0.4 is 0 Å². The largest absolute Gasteiger partial charge is 0.478 e. The molecule has 0 bridgehead atoms. The van der Waals surface area contributed by atoms with Crippen LogP contribution in [-0.4, -0.2) is 11.1 Å². The first kappa shape index (κ1) is 21.9. The molecule has 0 aliphatic heterocycles. The molecule has 0 spiro atoms. The van der Waals surface area contributed by atoms with E-state index in [4.69, 9.17) is 5.11 Å². The fourth-order valence-corrected chi connectivity index (χ4v) is 2.05. The molecular formula is C22H32O2. The molecule has 0 radical (unpaired) electrons. The fourth-order valence-electron chi connectivity index (χ4n) is 2.05. The summed E-state index contributed by atoms with van der Waals surface area (Å²) in [7, 11) is 0. The Morgan fingerprint density at radius 1 is 0.667 bits per heavy atom. The molecule has 0 saturated heterocycles. The lowest BCUT2D eigenvalue weighted by Crippen LogP contribution is -1.84. The highest BCUT2D eigenvalue weighted by Crippen LogP contribution is 2.08. The number of hydrogen-bond acceptors (Lipinski definition) is 1. The molecule has 0 heterocycles. The topological polar surface area (TPSA) is 37.3 Å². The van der Waals surface area contributed by atoms with Gasteiger partial charge in [0.2, 0.25) is 0 Å². The van der Waals surface area contributed by atoms with E-state index in [1.165, 1.54) is 51.0 Å². The highest BCUT2D eigenvalue weighted by atomic mass is 16.4. The maximum atomic E-state index is 10.2. The van der Waals surface area contributed by atoms with E-state index in [2.05, 4.69) is 19.1 Å². The zero-order chi connectivity index (χ0) is 17.7. The number of hydrogen-bond donors (Lipinski definition) is 1. The smallest absolute Gasteiger partial charge is 0.328 e. The van der Waals surface area contributed by atoms with E-state index in [1.54, 1.807) is 12.2 Å². The van der Waals surface area contributed by atoms with Crippen LogP contribution in [0, 0.1) is 0 Å². The molecule has 0 aromatic heterocycles. The molecule has 0 saturated carbocycles. The van der Waals surface area contributed by atoms with Gasteiger partial charge in [0.25, 0.3) is 0 Å². The van der Waals surface area contributed by atoms with Gasteiger partial charge in [-0.1, -0.05) is 112 Å². The molecule has 2 heteroatoms. The summed E-state index contributed by atoms with van der Waals surface area (Å²) < 4.78 is 0. The molecular weight excluding hydrogens is 296 g/mol. The van der Waals surface area contributed by atoms with Gasteiger partial charge in [-0.25, -0.2) is 4.79 Å². The minimum absolute atomic E-state index is 0.936. The van der Waals surface area contributed by atoms with Gasteiger partial charge in [-0.2, -0.15) is 0 Å². The minimum Gasteiger partial charge on any atom is -0.478 e. The first-order chi connectivity index (χ1) is 11.8. The second-order valence-electron chi connectivity index (χ2n) is 5.58. The highest BCUT2D eigenvalue weighted by Gasteiger charge is 1.88. The number of carbonyl (C=O) groups is 1. The van der Waals surface area contributed by atoms with Crippen molar-refractivity contribution in [2.45, 2.75) is 58.3 Å². The predicted octanol–water partition coefficient (Wildman–Crippen LogP) is 6.55. The van der Waals surface area contributed by atoms with Gasteiger partial charge in [-0.05, 0) is 12.8 Å². The normalized spacial score (nSPS) is 13.0. The molecule has 0 aliphatic carbocycles. The van der Waals surface area contributed by atoms with Crippen LogP contribution in [0.15, 0.2) is 72.9 Å². The molecule has 0 atom stereocenters. The Morgan fingerprint density at radius 2 is 1.12 bits per heavy atom. The second-order valence-corrected chi connectivity index (χ2v) is 5.58. The van der Waals surface area contributed by atoms with Gasteiger partial charge in [0, 0.05) is 6.08 Å². The monoisotopic (exact) mass is 328 g/mol. The summed E-state index contributed by atoms with van der Waals surface area (Å²) in [5.41, 5.74) is 0. The van der Waals surface area contributed by atoms with Crippen molar-refractivity contribution in [2.24, 2.45) is 0 Å². The first-order valence-corrected chi connectivity index (χ1v) is 9.00. The van der Waals surface area contributed by atoms with Crippen molar-refractivity contribution in [1.29, 1.82) is 0 Å². The highest BCUT2D eigenvalue weighted by molar-refractivity contribution is 5.80. The summed E-state index contributed by atoms with van der Waals surface area (Å²) >= 11 is 0. The number of carboxylic acid groups (broad SMARTS) is 1. The molecule has 2 nitrogen and oxygen atoms in total. The minimum atomic E-state index is -0.936. The fraction of sp³-hybridized carbons (Fsp3) is 0.409. The zero-order valence-corrected chi connectivity index (χ0v) is 14.9. The van der Waals surface area contributed by atoms with Crippen molar-refractivity contribution in [1.82, 2.24) is 0 Å². The van der Waals surface area contributed by atoms with E-state index in [0.29, 0.717) is 0 Å². The van der Waals surface area contributed by atoms with Crippen molar-refractivity contribution in [3.63, 3.8) is 0 Å². The molecule has 0 aliphatic rings. The summed E-state index contributed by atoms with van der Waals surface area (Å²) in [6.45, 7) is 2.25. The molecule has 0 aromatic rings. The quantitative estimate of drug-likeness (QED) is 0.223. The number of allylic oxidation sites excluding steroid dienone is 11. The van der Waals surface area contributed by atoms with Gasteiger partial charge >= 0.3 is 5.97 Å². The Labute approximate surface area is 147 Å². The average molecular weight is 328 g/mol. The van der Waals surface area contributed by atoms with Crippen LogP contribution in [0.5, 0.6) is 0 Å². The van der Waals surface area contributed by atoms with E-state index in [9.17, 15) is 4.79 Å². The van der Waals surface area contributed by atoms with Crippen LogP contribution in [0.2, 0.25) is 0 Å². The molecule has 0 rings (SSSR count). The van der Waals surface area contributed by atoms with Crippen LogP contribution >= 0.6 is 0 Å². The standard InChI is InChI=1S/C22H32O2/c1-2-3-4-5-6-7-8-9-10-11-12-13-14-15-16-17-18-19-20-21-22(23)24/h10-21H,2-9H2,1H3,(H,23,24)/b11-10-,13-12-,15-14+,17-16+,19-18+,21-20+. The maximum Gasteiger partial charge on any atom is 0.328 e. The Kier molecular flexibility index (Phi) is 17.3. The summed E-state index contributed by atoms with van der Waals surface area (Å²) in [5, 5.41) is 8.39. The van der Waals surface area contributed by atoms with Crippen molar-refractivity contribution in [3.05, 3.63) is 72.9 Å². The third-order valence-electron chi connectivity index (χ3n) is 3.35. The van der Waals surface area contributed by atoms with Crippen LogP contribution in [0.4, 0.5) is 0 Å². The van der Waals surface area contributed by atoms with Gasteiger partial charge in [-0.3, -0.25) is 0 Å². The number of carboxylic acids is 1. The lowest BCUT2D eigenvalue weighted by atomic mass is 10.1. The average Bonchev–Trinajstić information content (AvgIpc) is 2.56. The van der Waals surface area contributed by atoms with Crippen molar-refractivity contribution in [2.75, 3.05) is 0 Å². The molecule has 1 N–H and O–H groups in total. The van der Waals surface area contributed by atoms with Crippen molar-refractivity contribution in [3.8, 4) is 0 Å². The summed E-state index contributed by atoms with van der Waals surface area (Å²) in [4.78, 5) is 10.2. The van der Waals surface area contributed by atoms with E-state index < -0.39 is 5.97 Å². The van der Waals surface area contributed by atoms with E-state index >= 15 is 0 Å². The first-order valence-electron chi connectivity index (χ1n) is 9.00. The van der Waals surface area contributed by atoms with Gasteiger partial charge in [0.05, 0.1) is 0 Å². The molecule has 0 unspecified atom stereocenters. The molecule has 0 amide bonds. The lowest BCUT2D eigenvalue weighted by molar-refractivity contribution is -0.131. The number of rotatable bonds is 14. The summed E-state index contributed by atoms with van der Waals surface area (Å²) in [5.74, 6) is -0.936. The lowest BCUT2D eigenvalue weighted by Gasteiger charge is -1.98. The molecule has 0 fully saturated rings.